The summed E-state index contributed by atoms with van der Waals surface area (Å²) in [7, 11) is 0. The molecule has 4 nitrogen and oxygen atoms in total. The van der Waals surface area contributed by atoms with E-state index in [4.69, 9.17) is 5.11 Å². The van der Waals surface area contributed by atoms with Gasteiger partial charge in [0.25, 0.3) is 0 Å². The lowest BCUT2D eigenvalue weighted by atomic mass is 10.0. The first kappa shape index (κ1) is 17.2. The first-order chi connectivity index (χ1) is 9.51. The van der Waals surface area contributed by atoms with E-state index in [0.717, 1.165) is 23.0 Å². The zero-order valence-corrected chi connectivity index (χ0v) is 13.9. The van der Waals surface area contributed by atoms with E-state index in [9.17, 15) is 9.59 Å². The Labute approximate surface area is 131 Å². The van der Waals surface area contributed by atoms with Gasteiger partial charge in [0.1, 0.15) is 0 Å². The van der Waals surface area contributed by atoms with Crippen LogP contribution in [-0.4, -0.2) is 23.5 Å². The van der Waals surface area contributed by atoms with Crippen molar-refractivity contribution in [1.29, 1.82) is 0 Å². The third kappa shape index (κ3) is 7.05. The van der Waals surface area contributed by atoms with Gasteiger partial charge < -0.3 is 10.4 Å². The Balaban J connectivity index is 2.18. The number of carbonyl (C=O) groups excluding carboxylic acids is 1. The molecule has 1 heterocycles. The molecule has 0 bridgehead atoms. The number of hydrogen-bond acceptors (Lipinski definition) is 3. The van der Waals surface area contributed by atoms with E-state index in [1.165, 1.54) is 4.88 Å². The van der Waals surface area contributed by atoms with Crippen LogP contribution in [-0.2, 0) is 16.0 Å². The minimum absolute atomic E-state index is 0.00413. The minimum atomic E-state index is -0.811. The van der Waals surface area contributed by atoms with Gasteiger partial charge in [0.15, 0.2) is 0 Å². The second kappa shape index (κ2) is 9.13. The highest BCUT2D eigenvalue weighted by Crippen LogP contribution is 2.23. The van der Waals surface area contributed by atoms with Crippen molar-refractivity contribution < 1.29 is 14.7 Å². The number of nitrogens with one attached hydrogen (secondary N) is 1. The Morgan fingerprint density at radius 2 is 2.20 bits per heavy atom. The first-order valence-electron chi connectivity index (χ1n) is 6.74. The highest BCUT2D eigenvalue weighted by Gasteiger charge is 2.12. The summed E-state index contributed by atoms with van der Waals surface area (Å²) >= 11 is 5.10. The number of carbonyl (C=O) groups is 2. The number of thiophene rings is 1. The van der Waals surface area contributed by atoms with Gasteiger partial charge >= 0.3 is 5.97 Å². The van der Waals surface area contributed by atoms with Gasteiger partial charge in [-0.05, 0) is 46.8 Å². The Hall–Kier alpha value is -0.880. The van der Waals surface area contributed by atoms with Crippen LogP contribution in [0, 0.1) is 5.92 Å². The number of rotatable bonds is 9. The molecule has 20 heavy (non-hydrogen) atoms. The minimum Gasteiger partial charge on any atom is -0.481 e. The molecule has 112 valence electrons. The smallest absolute Gasteiger partial charge is 0.303 e. The van der Waals surface area contributed by atoms with Crippen molar-refractivity contribution in [3.63, 3.8) is 0 Å². The molecule has 1 rings (SSSR count). The van der Waals surface area contributed by atoms with Crippen molar-refractivity contribution in [2.45, 2.75) is 39.0 Å². The fourth-order valence-corrected chi connectivity index (χ4v) is 3.39. The molecule has 0 spiro atoms. The molecular weight excluding hydrogens is 342 g/mol. The van der Waals surface area contributed by atoms with Gasteiger partial charge in [-0.2, -0.15) is 0 Å². The van der Waals surface area contributed by atoms with Crippen molar-refractivity contribution in [3.05, 3.63) is 20.8 Å². The summed E-state index contributed by atoms with van der Waals surface area (Å²) in [6, 6.07) is 4.07. The van der Waals surface area contributed by atoms with Gasteiger partial charge in [0, 0.05) is 24.3 Å². The van der Waals surface area contributed by atoms with Crippen LogP contribution in [0.2, 0.25) is 0 Å². The van der Waals surface area contributed by atoms with E-state index in [2.05, 4.69) is 27.3 Å². The van der Waals surface area contributed by atoms with E-state index in [1.54, 1.807) is 11.3 Å². The average molecular weight is 362 g/mol. The van der Waals surface area contributed by atoms with Crippen LogP contribution in [0.15, 0.2) is 15.9 Å². The van der Waals surface area contributed by atoms with Gasteiger partial charge in [-0.15, -0.1) is 11.3 Å². The van der Waals surface area contributed by atoms with Crippen molar-refractivity contribution in [1.82, 2.24) is 5.32 Å². The van der Waals surface area contributed by atoms with Gasteiger partial charge in [-0.3, -0.25) is 9.59 Å². The number of hydrogen-bond donors (Lipinski definition) is 2. The third-order valence-corrected chi connectivity index (χ3v) is 4.77. The summed E-state index contributed by atoms with van der Waals surface area (Å²) in [6.45, 7) is 2.39. The maximum absolute atomic E-state index is 11.7. The maximum Gasteiger partial charge on any atom is 0.303 e. The normalized spacial score (nSPS) is 12.1. The van der Waals surface area contributed by atoms with E-state index in [-0.39, 0.29) is 18.2 Å². The number of carboxylic acids is 1. The molecule has 0 saturated heterocycles. The van der Waals surface area contributed by atoms with Gasteiger partial charge in [-0.1, -0.05) is 13.3 Å². The average Bonchev–Trinajstić information content (AvgIpc) is 2.80. The van der Waals surface area contributed by atoms with Gasteiger partial charge in [0.05, 0.1) is 3.79 Å². The SMILES string of the molecule is CCC(CNC(=O)CCCc1ccc(Br)s1)CC(=O)O. The summed E-state index contributed by atoms with van der Waals surface area (Å²) in [5.41, 5.74) is 0. The standard InChI is InChI=1S/C14H20BrNO3S/c1-2-10(8-14(18)19)9-16-13(17)5-3-4-11-6-7-12(15)20-11/h6-7,10H,2-5,8-9H2,1H3,(H,16,17)(H,18,19). The molecule has 0 aliphatic heterocycles. The zero-order chi connectivity index (χ0) is 15.0. The Kier molecular flexibility index (Phi) is 7.84. The maximum atomic E-state index is 11.7. The van der Waals surface area contributed by atoms with Crippen LogP contribution >= 0.6 is 27.3 Å². The molecule has 2 N–H and O–H groups in total. The molecule has 1 aromatic rings. The molecule has 1 unspecified atom stereocenters. The highest BCUT2D eigenvalue weighted by molar-refractivity contribution is 9.11. The Morgan fingerprint density at radius 1 is 1.45 bits per heavy atom. The molecule has 6 heteroatoms. The fourth-order valence-electron chi connectivity index (χ4n) is 1.86. The molecule has 0 aromatic carbocycles. The monoisotopic (exact) mass is 361 g/mol. The fraction of sp³-hybridized carbons (Fsp3) is 0.571. The number of aryl methyl sites for hydroxylation is 1. The molecule has 0 aliphatic carbocycles. The van der Waals surface area contributed by atoms with E-state index in [1.807, 2.05) is 13.0 Å². The van der Waals surface area contributed by atoms with Crippen LogP contribution in [0.25, 0.3) is 0 Å². The summed E-state index contributed by atoms with van der Waals surface area (Å²) in [5.74, 6) is -0.788. The summed E-state index contributed by atoms with van der Waals surface area (Å²) < 4.78 is 1.11. The predicted octanol–water partition coefficient (Wildman–Crippen LogP) is 3.45. The molecule has 0 saturated carbocycles. The second-order valence-electron chi connectivity index (χ2n) is 4.74. The Morgan fingerprint density at radius 3 is 2.75 bits per heavy atom. The number of carboxylic acid groups (broad SMARTS) is 1. The van der Waals surface area contributed by atoms with Gasteiger partial charge in [0.2, 0.25) is 5.91 Å². The van der Waals surface area contributed by atoms with E-state index >= 15 is 0 Å². The number of amides is 1. The van der Waals surface area contributed by atoms with Crippen molar-refractivity contribution in [2.24, 2.45) is 5.92 Å². The number of halogens is 1. The summed E-state index contributed by atoms with van der Waals surface area (Å²) in [6.07, 6.45) is 3.07. The highest BCUT2D eigenvalue weighted by atomic mass is 79.9. The van der Waals surface area contributed by atoms with Crippen LogP contribution in [0.5, 0.6) is 0 Å². The predicted molar refractivity (Wildman–Crippen MR) is 84.0 cm³/mol. The Bertz CT molecular complexity index is 447. The molecule has 1 aromatic heterocycles. The molecule has 0 aliphatic rings. The van der Waals surface area contributed by atoms with Crippen molar-refractivity contribution in [2.75, 3.05) is 6.54 Å². The largest absolute Gasteiger partial charge is 0.481 e. The topological polar surface area (TPSA) is 66.4 Å². The van der Waals surface area contributed by atoms with Crippen molar-refractivity contribution in [3.8, 4) is 0 Å². The first-order valence-corrected chi connectivity index (χ1v) is 8.35. The molecular formula is C14H20BrNO3S. The lowest BCUT2D eigenvalue weighted by Crippen LogP contribution is -2.30. The third-order valence-electron chi connectivity index (χ3n) is 3.08. The molecule has 0 radical (unpaired) electrons. The van der Waals surface area contributed by atoms with E-state index < -0.39 is 5.97 Å². The van der Waals surface area contributed by atoms with Crippen molar-refractivity contribution >= 4 is 39.1 Å². The second-order valence-corrected chi connectivity index (χ2v) is 7.28. The van der Waals surface area contributed by atoms with E-state index in [0.29, 0.717) is 13.0 Å². The summed E-state index contributed by atoms with van der Waals surface area (Å²) in [4.78, 5) is 23.6. The van der Waals surface area contributed by atoms with Gasteiger partial charge in [-0.25, -0.2) is 0 Å². The summed E-state index contributed by atoms with van der Waals surface area (Å²) in [5, 5.41) is 11.6. The molecule has 1 atom stereocenters. The molecule has 1 amide bonds. The van der Waals surface area contributed by atoms with Crippen LogP contribution in [0.1, 0.15) is 37.5 Å². The van der Waals surface area contributed by atoms with Crippen LogP contribution < -0.4 is 5.32 Å². The van der Waals surface area contributed by atoms with Crippen LogP contribution in [0.4, 0.5) is 0 Å². The zero-order valence-electron chi connectivity index (χ0n) is 11.5. The molecule has 0 fully saturated rings. The number of aliphatic carboxylic acids is 1. The van der Waals surface area contributed by atoms with Crippen LogP contribution in [0.3, 0.4) is 0 Å². The lowest BCUT2D eigenvalue weighted by Gasteiger charge is -2.13. The quantitative estimate of drug-likeness (QED) is 0.707. The lowest BCUT2D eigenvalue weighted by molar-refractivity contribution is -0.138.